The first kappa shape index (κ1) is 27.7. The molecule has 0 bridgehead atoms. The number of hydrogen-bond donors (Lipinski definition) is 1. The van der Waals surface area contributed by atoms with Gasteiger partial charge in [-0.05, 0) is 31.8 Å². The number of hydrazine groups is 1. The van der Waals surface area contributed by atoms with Crippen LogP contribution in [0.5, 0.6) is 0 Å². The zero-order chi connectivity index (χ0) is 27.7. The van der Waals surface area contributed by atoms with E-state index in [2.05, 4.69) is 192 Å². The molecule has 6 rings (SSSR count). The van der Waals surface area contributed by atoms with Gasteiger partial charge in [0.05, 0.1) is 0 Å². The number of nitrogens with zero attached hydrogens (tertiary/aromatic N) is 1. The van der Waals surface area contributed by atoms with Crippen molar-refractivity contribution in [3.05, 3.63) is 182 Å². The summed E-state index contributed by atoms with van der Waals surface area (Å²) in [6.07, 6.45) is 0. The summed E-state index contributed by atoms with van der Waals surface area (Å²) in [6, 6.07) is 65.8. The molecule has 0 heterocycles. The summed E-state index contributed by atoms with van der Waals surface area (Å²) in [7, 11) is -2.80. The van der Waals surface area contributed by atoms with E-state index in [1.165, 1.54) is 31.8 Å². The number of benzene rings is 6. The van der Waals surface area contributed by atoms with Gasteiger partial charge in [0.1, 0.15) is 0 Å². The Hall–Kier alpha value is -3.47. The smallest absolute Gasteiger partial charge is 0.0490 e. The molecule has 1 N–H and O–H groups in total. The van der Waals surface area contributed by atoms with Crippen LogP contribution in [0.3, 0.4) is 0 Å². The lowest BCUT2D eigenvalue weighted by molar-refractivity contribution is 0.701. The van der Waals surface area contributed by atoms with Crippen molar-refractivity contribution in [2.24, 2.45) is 0 Å². The van der Waals surface area contributed by atoms with Crippen molar-refractivity contribution in [2.75, 3.05) is 0 Å². The van der Waals surface area contributed by atoms with Crippen LogP contribution in [0.4, 0.5) is 0 Å². The van der Waals surface area contributed by atoms with Gasteiger partial charge in [-0.1, -0.05) is 182 Å². The Balaban J connectivity index is 1.59. The topological polar surface area (TPSA) is 15.3 Å². The van der Waals surface area contributed by atoms with Gasteiger partial charge >= 0.3 is 0 Å². The van der Waals surface area contributed by atoms with Gasteiger partial charge in [0.25, 0.3) is 0 Å². The maximum atomic E-state index is 4.24. The second-order valence-electron chi connectivity index (χ2n) is 9.36. The third-order valence-electron chi connectivity index (χ3n) is 6.60. The van der Waals surface area contributed by atoms with Gasteiger partial charge in [0.15, 0.2) is 0 Å². The quantitative estimate of drug-likeness (QED) is 0.139. The molecule has 0 atom stereocenters. The molecule has 0 fully saturated rings. The first-order chi connectivity index (χ1) is 20.4. The highest BCUT2D eigenvalue weighted by Crippen LogP contribution is 2.55. The fourth-order valence-corrected chi connectivity index (χ4v) is 12.8. The summed E-state index contributed by atoms with van der Waals surface area (Å²) >= 11 is 0. The summed E-state index contributed by atoms with van der Waals surface area (Å²) in [5.74, 6) is 0. The number of hydrogen-bond acceptors (Lipinski definition) is 2. The molecule has 5 heteroatoms. The van der Waals surface area contributed by atoms with Gasteiger partial charge in [-0.2, -0.15) is 4.55 Å². The van der Waals surface area contributed by atoms with Crippen LogP contribution in [-0.2, 0) is 0 Å². The van der Waals surface area contributed by atoms with Crippen LogP contribution in [0.25, 0.3) is 0 Å². The Kier molecular flexibility index (Phi) is 9.41. The zero-order valence-electron chi connectivity index (χ0n) is 22.6. The molecule has 0 aliphatic rings. The molecule has 0 aliphatic carbocycles. The molecular formula is C36H31N2P3. The molecular weight excluding hydrogens is 553 g/mol. The highest BCUT2D eigenvalue weighted by Gasteiger charge is 2.34. The third-order valence-corrected chi connectivity index (χ3v) is 14.1. The molecule has 2 nitrogen and oxygen atoms in total. The number of nitrogens with one attached hydrogen (secondary N) is 1. The lowest BCUT2D eigenvalue weighted by atomic mass is 10.4. The Morgan fingerprint density at radius 1 is 0.293 bits per heavy atom. The van der Waals surface area contributed by atoms with Crippen LogP contribution in [0.1, 0.15) is 0 Å². The molecule has 0 spiro atoms. The van der Waals surface area contributed by atoms with E-state index < -0.39 is 24.2 Å². The second-order valence-corrected chi connectivity index (χ2v) is 15.7. The monoisotopic (exact) mass is 584 g/mol. The van der Waals surface area contributed by atoms with Gasteiger partial charge in [0.2, 0.25) is 0 Å². The zero-order valence-corrected chi connectivity index (χ0v) is 25.3. The Morgan fingerprint density at radius 2 is 0.512 bits per heavy atom. The lowest BCUT2D eigenvalue weighted by Crippen LogP contribution is -2.41. The fraction of sp³-hybridized carbons (Fsp3) is 0. The standard InChI is InChI=1S/C36H31N2P3/c1-7-19-31(20-8-1)39(32-21-9-2-10-22-32)37-38(40(33-23-11-3-12-24-33)34-25-13-4-14-26-34)41(35-27-15-5-16-28-35)36-29-17-6-18-30-36/h1-30,37H. The van der Waals surface area contributed by atoms with Gasteiger partial charge in [-0.15, -0.1) is 0 Å². The van der Waals surface area contributed by atoms with E-state index in [0.29, 0.717) is 0 Å². The van der Waals surface area contributed by atoms with Crippen molar-refractivity contribution in [1.82, 2.24) is 9.75 Å². The van der Waals surface area contributed by atoms with Crippen LogP contribution >= 0.6 is 24.2 Å². The van der Waals surface area contributed by atoms with E-state index >= 15 is 0 Å². The van der Waals surface area contributed by atoms with Crippen LogP contribution in [0, 0.1) is 0 Å². The van der Waals surface area contributed by atoms with Crippen LogP contribution in [0.15, 0.2) is 182 Å². The molecule has 200 valence electrons. The minimum absolute atomic E-state index is 0.908. The van der Waals surface area contributed by atoms with Crippen LogP contribution in [0.2, 0.25) is 0 Å². The van der Waals surface area contributed by atoms with E-state index in [1.54, 1.807) is 0 Å². The van der Waals surface area contributed by atoms with Crippen molar-refractivity contribution >= 4 is 56.0 Å². The molecule has 0 aromatic heterocycles. The van der Waals surface area contributed by atoms with E-state index in [-0.39, 0.29) is 0 Å². The number of rotatable bonds is 10. The minimum Gasteiger partial charge on any atom is -0.216 e. The normalized spacial score (nSPS) is 11.4. The van der Waals surface area contributed by atoms with Gasteiger partial charge < -0.3 is 0 Å². The maximum absolute atomic E-state index is 4.24. The highest BCUT2D eigenvalue weighted by atomic mass is 31.2. The van der Waals surface area contributed by atoms with E-state index in [0.717, 1.165) is 0 Å². The van der Waals surface area contributed by atoms with Crippen molar-refractivity contribution < 1.29 is 0 Å². The molecule has 6 aromatic carbocycles. The van der Waals surface area contributed by atoms with Crippen LogP contribution < -0.4 is 37.0 Å². The first-order valence-corrected chi connectivity index (χ1v) is 17.6. The SMILES string of the molecule is c1ccc(P(NN(P(c2ccccc2)c2ccccc2)P(c2ccccc2)c2ccccc2)c2ccccc2)cc1. The Bertz CT molecular complexity index is 1400. The molecule has 6 aromatic rings. The van der Waals surface area contributed by atoms with Crippen molar-refractivity contribution in [1.29, 1.82) is 0 Å². The van der Waals surface area contributed by atoms with Gasteiger partial charge in [0, 0.05) is 24.2 Å². The van der Waals surface area contributed by atoms with Gasteiger partial charge in [-0.25, -0.2) is 5.20 Å². The highest BCUT2D eigenvalue weighted by molar-refractivity contribution is 7.85. The fourth-order valence-electron chi connectivity index (χ4n) is 4.70. The summed E-state index contributed by atoms with van der Waals surface area (Å²) in [6.45, 7) is 0. The lowest BCUT2D eigenvalue weighted by Gasteiger charge is -2.41. The van der Waals surface area contributed by atoms with E-state index in [4.69, 9.17) is 0 Å². The molecule has 0 amide bonds. The first-order valence-electron chi connectivity index (χ1n) is 13.7. The molecule has 0 saturated heterocycles. The summed E-state index contributed by atoms with van der Waals surface area (Å²) in [5.41, 5.74) is 0. The molecule has 0 aliphatic heterocycles. The third kappa shape index (κ3) is 6.72. The van der Waals surface area contributed by atoms with Crippen molar-refractivity contribution in [3.8, 4) is 0 Å². The van der Waals surface area contributed by atoms with Gasteiger partial charge in [-0.3, -0.25) is 0 Å². The minimum atomic E-state index is -0.947. The Morgan fingerprint density at radius 3 is 0.756 bits per heavy atom. The summed E-state index contributed by atoms with van der Waals surface area (Å²) < 4.78 is 2.63. The average Bonchev–Trinajstić information content (AvgIpc) is 3.06. The van der Waals surface area contributed by atoms with Crippen molar-refractivity contribution in [2.45, 2.75) is 0 Å². The molecule has 41 heavy (non-hydrogen) atoms. The maximum Gasteiger partial charge on any atom is 0.0490 e. The Labute approximate surface area is 247 Å². The largest absolute Gasteiger partial charge is 0.216 e. The summed E-state index contributed by atoms with van der Waals surface area (Å²) in [4.78, 5) is 0. The van der Waals surface area contributed by atoms with E-state index in [9.17, 15) is 0 Å². The van der Waals surface area contributed by atoms with Crippen LogP contribution in [-0.4, -0.2) is 4.55 Å². The average molecular weight is 585 g/mol. The van der Waals surface area contributed by atoms with Crippen molar-refractivity contribution in [3.63, 3.8) is 0 Å². The van der Waals surface area contributed by atoms with E-state index in [1.807, 2.05) is 0 Å². The predicted octanol–water partition coefficient (Wildman–Crippen LogP) is 6.94. The second kappa shape index (κ2) is 13.9. The molecule has 0 radical (unpaired) electrons. The molecule has 0 unspecified atom stereocenters. The summed E-state index contributed by atoms with van der Waals surface area (Å²) in [5, 5.41) is 12.1. The predicted molar refractivity (Wildman–Crippen MR) is 182 cm³/mol. The molecule has 0 saturated carbocycles.